The van der Waals surface area contributed by atoms with Gasteiger partial charge < -0.3 is 11.1 Å². The lowest BCUT2D eigenvalue weighted by atomic mass is 9.99. The molecule has 3 heteroatoms. The van der Waals surface area contributed by atoms with Crippen LogP contribution in [0.3, 0.4) is 0 Å². The Morgan fingerprint density at radius 3 is 2.55 bits per heavy atom. The first kappa shape index (κ1) is 8.53. The lowest BCUT2D eigenvalue weighted by Gasteiger charge is -2.25. The molecule has 0 heterocycles. The van der Waals surface area contributed by atoms with Gasteiger partial charge in [0, 0.05) is 5.54 Å². The summed E-state index contributed by atoms with van der Waals surface area (Å²) >= 11 is 0. The van der Waals surface area contributed by atoms with Gasteiger partial charge in [0.05, 0.1) is 6.54 Å². The zero-order valence-corrected chi connectivity index (χ0v) is 7.18. The highest BCUT2D eigenvalue weighted by Crippen LogP contribution is 2.38. The van der Waals surface area contributed by atoms with Gasteiger partial charge in [0.1, 0.15) is 0 Å². The maximum absolute atomic E-state index is 10.4. The zero-order chi connectivity index (χ0) is 8.48. The van der Waals surface area contributed by atoms with Gasteiger partial charge in [-0.3, -0.25) is 4.79 Å². The quantitative estimate of drug-likeness (QED) is 0.613. The predicted molar refractivity (Wildman–Crippen MR) is 44.0 cm³/mol. The van der Waals surface area contributed by atoms with Crippen LogP contribution in [-0.2, 0) is 4.79 Å². The number of carbonyl (C=O) groups is 1. The van der Waals surface area contributed by atoms with Crippen LogP contribution in [0.2, 0.25) is 0 Å². The number of carbonyl (C=O) groups excluding carboxylic acids is 1. The molecular formula is C8H16N2O. The Morgan fingerprint density at radius 1 is 1.64 bits per heavy atom. The van der Waals surface area contributed by atoms with Crippen LogP contribution >= 0.6 is 0 Å². The number of primary amides is 1. The average molecular weight is 156 g/mol. The van der Waals surface area contributed by atoms with Crippen molar-refractivity contribution in [3.63, 3.8) is 0 Å². The van der Waals surface area contributed by atoms with Gasteiger partial charge in [-0.1, -0.05) is 0 Å². The SMILES string of the molecule is CC(C)(NCC(N)=O)C1CC1. The van der Waals surface area contributed by atoms with Crippen LogP contribution in [0.25, 0.3) is 0 Å². The van der Waals surface area contributed by atoms with Crippen LogP contribution in [0.1, 0.15) is 26.7 Å². The Kier molecular flexibility index (Phi) is 2.18. The van der Waals surface area contributed by atoms with Gasteiger partial charge in [-0.05, 0) is 32.6 Å². The molecular weight excluding hydrogens is 140 g/mol. The highest BCUT2D eigenvalue weighted by atomic mass is 16.1. The maximum atomic E-state index is 10.4. The number of hydrogen-bond acceptors (Lipinski definition) is 2. The van der Waals surface area contributed by atoms with Crippen molar-refractivity contribution in [1.29, 1.82) is 0 Å². The third-order valence-electron chi connectivity index (χ3n) is 2.32. The van der Waals surface area contributed by atoms with Crippen LogP contribution in [0.15, 0.2) is 0 Å². The second-order valence-corrected chi connectivity index (χ2v) is 3.82. The minimum absolute atomic E-state index is 0.0923. The first-order valence-corrected chi connectivity index (χ1v) is 4.06. The normalized spacial score (nSPS) is 18.4. The Morgan fingerprint density at radius 2 is 2.18 bits per heavy atom. The highest BCUT2D eigenvalue weighted by Gasteiger charge is 2.37. The molecule has 0 bridgehead atoms. The van der Waals surface area contributed by atoms with Crippen molar-refractivity contribution in [3.8, 4) is 0 Å². The van der Waals surface area contributed by atoms with Gasteiger partial charge in [0.2, 0.25) is 5.91 Å². The molecule has 1 saturated carbocycles. The molecule has 64 valence electrons. The summed E-state index contributed by atoms with van der Waals surface area (Å²) in [4.78, 5) is 10.4. The maximum Gasteiger partial charge on any atom is 0.231 e. The van der Waals surface area contributed by atoms with Gasteiger partial charge in [-0.2, -0.15) is 0 Å². The summed E-state index contributed by atoms with van der Waals surface area (Å²) < 4.78 is 0. The van der Waals surface area contributed by atoms with E-state index in [1.54, 1.807) is 0 Å². The first-order chi connectivity index (χ1) is 5.02. The Hall–Kier alpha value is -0.570. The fraction of sp³-hybridized carbons (Fsp3) is 0.875. The summed E-state index contributed by atoms with van der Waals surface area (Å²) in [6.07, 6.45) is 2.55. The van der Waals surface area contributed by atoms with Gasteiger partial charge in [-0.15, -0.1) is 0 Å². The molecule has 1 rings (SSSR count). The van der Waals surface area contributed by atoms with Gasteiger partial charge in [0.15, 0.2) is 0 Å². The summed E-state index contributed by atoms with van der Waals surface area (Å²) in [5.74, 6) is 0.459. The Balaban J connectivity index is 2.27. The van der Waals surface area contributed by atoms with E-state index in [4.69, 9.17) is 5.73 Å². The largest absolute Gasteiger partial charge is 0.369 e. The van der Waals surface area contributed by atoms with Crippen molar-refractivity contribution in [3.05, 3.63) is 0 Å². The molecule has 3 nitrogen and oxygen atoms in total. The average Bonchev–Trinajstić information content (AvgIpc) is 2.64. The van der Waals surface area contributed by atoms with Crippen molar-refractivity contribution >= 4 is 5.91 Å². The number of rotatable bonds is 4. The van der Waals surface area contributed by atoms with Crippen molar-refractivity contribution in [2.45, 2.75) is 32.2 Å². The number of hydrogen-bond donors (Lipinski definition) is 2. The molecule has 0 spiro atoms. The van der Waals surface area contributed by atoms with Crippen LogP contribution in [0.5, 0.6) is 0 Å². The van der Waals surface area contributed by atoms with E-state index in [1.807, 2.05) is 0 Å². The summed E-state index contributed by atoms with van der Waals surface area (Å²) in [5.41, 5.74) is 5.11. The van der Waals surface area contributed by atoms with Crippen molar-refractivity contribution in [2.75, 3.05) is 6.54 Å². The summed E-state index contributed by atoms with van der Waals surface area (Å²) in [7, 11) is 0. The van der Waals surface area contributed by atoms with Gasteiger partial charge in [-0.25, -0.2) is 0 Å². The molecule has 0 unspecified atom stereocenters. The minimum atomic E-state index is -0.279. The molecule has 1 amide bonds. The molecule has 0 atom stereocenters. The molecule has 1 fully saturated rings. The Bertz CT molecular complexity index is 161. The summed E-state index contributed by atoms with van der Waals surface area (Å²) in [6, 6.07) is 0. The zero-order valence-electron chi connectivity index (χ0n) is 7.18. The first-order valence-electron chi connectivity index (χ1n) is 4.06. The topological polar surface area (TPSA) is 55.1 Å². The predicted octanol–water partition coefficient (Wildman–Crippen LogP) is 0.250. The molecule has 0 aromatic carbocycles. The van der Waals surface area contributed by atoms with Crippen molar-refractivity contribution in [2.24, 2.45) is 11.7 Å². The smallest absolute Gasteiger partial charge is 0.231 e. The van der Waals surface area contributed by atoms with Crippen LogP contribution in [-0.4, -0.2) is 18.0 Å². The second-order valence-electron chi connectivity index (χ2n) is 3.82. The summed E-state index contributed by atoms with van der Waals surface area (Å²) in [6.45, 7) is 4.53. The van der Waals surface area contributed by atoms with E-state index in [0.717, 1.165) is 5.92 Å². The molecule has 0 aromatic rings. The molecule has 0 saturated heterocycles. The van der Waals surface area contributed by atoms with Crippen molar-refractivity contribution in [1.82, 2.24) is 5.32 Å². The lowest BCUT2D eigenvalue weighted by molar-refractivity contribution is -0.117. The van der Waals surface area contributed by atoms with Crippen LogP contribution in [0, 0.1) is 5.92 Å². The van der Waals surface area contributed by atoms with E-state index in [1.165, 1.54) is 12.8 Å². The number of amides is 1. The Labute approximate surface area is 67.3 Å². The van der Waals surface area contributed by atoms with E-state index in [0.29, 0.717) is 6.54 Å². The van der Waals surface area contributed by atoms with Gasteiger partial charge >= 0.3 is 0 Å². The third-order valence-corrected chi connectivity index (χ3v) is 2.32. The van der Waals surface area contributed by atoms with Crippen LogP contribution < -0.4 is 11.1 Å². The van der Waals surface area contributed by atoms with E-state index in [2.05, 4.69) is 19.2 Å². The van der Waals surface area contributed by atoms with E-state index in [-0.39, 0.29) is 11.4 Å². The van der Waals surface area contributed by atoms with E-state index in [9.17, 15) is 4.79 Å². The molecule has 11 heavy (non-hydrogen) atoms. The summed E-state index contributed by atoms with van der Waals surface area (Å²) in [5, 5.41) is 3.15. The number of nitrogens with one attached hydrogen (secondary N) is 1. The molecule has 0 aromatic heterocycles. The second kappa shape index (κ2) is 2.81. The lowest BCUT2D eigenvalue weighted by Crippen LogP contribution is -2.45. The fourth-order valence-corrected chi connectivity index (χ4v) is 1.26. The molecule has 1 aliphatic carbocycles. The monoisotopic (exact) mass is 156 g/mol. The number of nitrogens with two attached hydrogens (primary N) is 1. The van der Waals surface area contributed by atoms with Crippen molar-refractivity contribution < 1.29 is 4.79 Å². The highest BCUT2D eigenvalue weighted by molar-refractivity contribution is 5.75. The standard InChI is InChI=1S/C8H16N2O/c1-8(2,6-3-4-6)10-5-7(9)11/h6,10H,3-5H2,1-2H3,(H2,9,11). The minimum Gasteiger partial charge on any atom is -0.369 e. The molecule has 0 aliphatic heterocycles. The van der Waals surface area contributed by atoms with Crippen LogP contribution in [0.4, 0.5) is 0 Å². The fourth-order valence-electron chi connectivity index (χ4n) is 1.26. The molecule has 1 aliphatic rings. The third kappa shape index (κ3) is 2.50. The molecule has 0 radical (unpaired) electrons. The van der Waals surface area contributed by atoms with Gasteiger partial charge in [0.25, 0.3) is 0 Å². The van der Waals surface area contributed by atoms with E-state index >= 15 is 0 Å². The molecule has 3 N–H and O–H groups in total. The van der Waals surface area contributed by atoms with E-state index < -0.39 is 0 Å².